The number of nitrogens with one attached hydrogen (secondary N) is 1. The zero-order valence-corrected chi connectivity index (χ0v) is 8.60. The van der Waals surface area contributed by atoms with E-state index < -0.39 is 0 Å². The van der Waals surface area contributed by atoms with Gasteiger partial charge in [0.1, 0.15) is 6.67 Å². The summed E-state index contributed by atoms with van der Waals surface area (Å²) in [5.41, 5.74) is 2.80. The van der Waals surface area contributed by atoms with E-state index in [2.05, 4.69) is 37.9 Å². The molecular formula is C6H7BrN4S. The van der Waals surface area contributed by atoms with E-state index in [9.17, 15) is 0 Å². The third-order valence-corrected chi connectivity index (χ3v) is 3.07. The van der Waals surface area contributed by atoms with Gasteiger partial charge in [-0.15, -0.1) is 11.3 Å². The van der Waals surface area contributed by atoms with Crippen LogP contribution in [0.3, 0.4) is 0 Å². The minimum atomic E-state index is 0.634. The second-order valence-corrected chi connectivity index (χ2v) is 4.93. The first-order valence-electron chi connectivity index (χ1n) is 3.46. The summed E-state index contributed by atoms with van der Waals surface area (Å²) >= 11 is 5.14. The summed E-state index contributed by atoms with van der Waals surface area (Å²) in [5, 5.41) is 9.40. The highest BCUT2D eigenvalue weighted by Crippen LogP contribution is 2.23. The Labute approximate surface area is 82.4 Å². The van der Waals surface area contributed by atoms with Crippen LogP contribution in [-0.2, 0) is 6.54 Å². The fraction of sp³-hybridized carbons (Fsp3) is 0.333. The van der Waals surface area contributed by atoms with Crippen LogP contribution < -0.4 is 5.53 Å². The second-order valence-electron chi connectivity index (χ2n) is 2.39. The number of rotatable bonds is 2. The average molecular weight is 247 g/mol. The molecule has 0 saturated carbocycles. The van der Waals surface area contributed by atoms with Gasteiger partial charge in [0.25, 0.3) is 0 Å². The number of hydrazine groups is 1. The Kier molecular flexibility index (Phi) is 2.38. The van der Waals surface area contributed by atoms with Gasteiger partial charge in [0.15, 0.2) is 0 Å². The third-order valence-electron chi connectivity index (χ3n) is 1.47. The van der Waals surface area contributed by atoms with Gasteiger partial charge in [0, 0.05) is 4.88 Å². The molecule has 0 amide bonds. The lowest BCUT2D eigenvalue weighted by Crippen LogP contribution is -2.28. The fourth-order valence-electron chi connectivity index (χ4n) is 0.945. The van der Waals surface area contributed by atoms with Gasteiger partial charge in [-0.25, -0.2) is 5.53 Å². The van der Waals surface area contributed by atoms with Crippen molar-refractivity contribution >= 4 is 27.3 Å². The quantitative estimate of drug-likeness (QED) is 0.869. The molecule has 2 rings (SSSR count). The molecule has 1 aromatic rings. The summed E-state index contributed by atoms with van der Waals surface area (Å²) < 4.78 is 1.16. The summed E-state index contributed by atoms with van der Waals surface area (Å²) in [6.45, 7) is 1.48. The molecule has 1 N–H and O–H groups in total. The van der Waals surface area contributed by atoms with Crippen LogP contribution in [0.4, 0.5) is 0 Å². The van der Waals surface area contributed by atoms with E-state index >= 15 is 0 Å². The molecule has 4 nitrogen and oxygen atoms in total. The van der Waals surface area contributed by atoms with E-state index in [4.69, 9.17) is 0 Å². The molecule has 0 radical (unpaired) electrons. The summed E-state index contributed by atoms with van der Waals surface area (Å²) in [4.78, 5) is 1.29. The summed E-state index contributed by atoms with van der Waals surface area (Å²) in [7, 11) is 0. The first-order chi connectivity index (χ1) is 5.84. The molecule has 1 aliphatic heterocycles. The largest absolute Gasteiger partial charge is 0.220 e. The van der Waals surface area contributed by atoms with E-state index in [0.29, 0.717) is 6.67 Å². The van der Waals surface area contributed by atoms with Crippen molar-refractivity contribution in [3.05, 3.63) is 20.8 Å². The van der Waals surface area contributed by atoms with Gasteiger partial charge in [-0.05, 0) is 28.1 Å². The van der Waals surface area contributed by atoms with Gasteiger partial charge < -0.3 is 0 Å². The number of halogens is 1. The van der Waals surface area contributed by atoms with Crippen molar-refractivity contribution < 1.29 is 0 Å². The molecule has 12 heavy (non-hydrogen) atoms. The van der Waals surface area contributed by atoms with Crippen LogP contribution in [0.5, 0.6) is 0 Å². The molecule has 1 aromatic heterocycles. The number of hydrogen-bond donors (Lipinski definition) is 1. The van der Waals surface area contributed by atoms with E-state index in [1.165, 1.54) is 4.88 Å². The van der Waals surface area contributed by atoms with Crippen LogP contribution in [0.2, 0.25) is 0 Å². The normalized spacial score (nSPS) is 16.8. The molecule has 0 aliphatic carbocycles. The standard InChI is InChI=1S/C6H7BrN4S/c7-6-2-1-5(12-6)3-11-4-8-9-10-11/h1-2H,3-4H2,(H,8,10). The molecule has 0 fully saturated rings. The predicted molar refractivity (Wildman–Crippen MR) is 50.4 cm³/mol. The summed E-state index contributed by atoms with van der Waals surface area (Å²) in [6, 6.07) is 4.14. The van der Waals surface area contributed by atoms with Gasteiger partial charge in [-0.2, -0.15) is 10.1 Å². The highest BCUT2D eigenvalue weighted by molar-refractivity contribution is 9.11. The van der Waals surface area contributed by atoms with Gasteiger partial charge in [-0.1, -0.05) is 5.22 Å². The monoisotopic (exact) mass is 246 g/mol. The maximum atomic E-state index is 3.80. The van der Waals surface area contributed by atoms with Crippen molar-refractivity contribution in [2.24, 2.45) is 10.3 Å². The molecule has 0 unspecified atom stereocenters. The smallest absolute Gasteiger partial charge is 0.133 e. The molecule has 1 aliphatic rings. The molecule has 6 heteroatoms. The van der Waals surface area contributed by atoms with Crippen molar-refractivity contribution in [2.45, 2.75) is 6.54 Å². The molecule has 0 saturated heterocycles. The van der Waals surface area contributed by atoms with Gasteiger partial charge in [-0.3, -0.25) is 0 Å². The van der Waals surface area contributed by atoms with E-state index in [0.717, 1.165) is 10.3 Å². The highest BCUT2D eigenvalue weighted by atomic mass is 79.9. The SMILES string of the molecule is Brc1ccc(CN2CN=NN2)s1. The third kappa shape index (κ3) is 1.82. The molecule has 0 spiro atoms. The van der Waals surface area contributed by atoms with Crippen molar-refractivity contribution in [1.82, 2.24) is 10.5 Å². The predicted octanol–water partition coefficient (Wildman–Crippen LogP) is 2.16. The first kappa shape index (κ1) is 8.15. The maximum Gasteiger partial charge on any atom is 0.133 e. The number of thiophene rings is 1. The maximum absolute atomic E-state index is 3.80. The van der Waals surface area contributed by atoms with E-state index in [-0.39, 0.29) is 0 Å². The molecule has 64 valence electrons. The zero-order chi connectivity index (χ0) is 8.39. The number of nitrogens with zero attached hydrogens (tertiary/aromatic N) is 3. The van der Waals surface area contributed by atoms with Crippen LogP contribution >= 0.6 is 27.3 Å². The van der Waals surface area contributed by atoms with Gasteiger partial charge >= 0.3 is 0 Å². The van der Waals surface area contributed by atoms with Gasteiger partial charge in [0.2, 0.25) is 0 Å². The minimum absolute atomic E-state index is 0.634. The Balaban J connectivity index is 1.95. The van der Waals surface area contributed by atoms with Crippen LogP contribution in [-0.4, -0.2) is 11.7 Å². The topological polar surface area (TPSA) is 40.0 Å². The van der Waals surface area contributed by atoms with Crippen molar-refractivity contribution in [1.29, 1.82) is 0 Å². The molecule has 0 aromatic carbocycles. The van der Waals surface area contributed by atoms with E-state index in [1.807, 2.05) is 11.1 Å². The first-order valence-corrected chi connectivity index (χ1v) is 5.07. The Morgan fingerprint density at radius 2 is 2.58 bits per heavy atom. The number of hydrogen-bond acceptors (Lipinski definition) is 5. The van der Waals surface area contributed by atoms with Crippen LogP contribution in [0, 0.1) is 0 Å². The van der Waals surface area contributed by atoms with Crippen LogP contribution in [0.1, 0.15) is 4.88 Å². The van der Waals surface area contributed by atoms with Gasteiger partial charge in [0.05, 0.1) is 10.3 Å². The van der Waals surface area contributed by atoms with Crippen molar-refractivity contribution in [3.8, 4) is 0 Å². The van der Waals surface area contributed by atoms with Crippen LogP contribution in [0.15, 0.2) is 26.3 Å². The molecule has 0 atom stereocenters. The molecule has 0 bridgehead atoms. The van der Waals surface area contributed by atoms with E-state index in [1.54, 1.807) is 11.3 Å². The lowest BCUT2D eigenvalue weighted by Gasteiger charge is -2.09. The van der Waals surface area contributed by atoms with Crippen molar-refractivity contribution in [2.75, 3.05) is 6.67 Å². The second kappa shape index (κ2) is 3.51. The fourth-order valence-corrected chi connectivity index (χ4v) is 2.44. The summed E-state index contributed by atoms with van der Waals surface area (Å²) in [6.07, 6.45) is 0. The molecular weight excluding hydrogens is 240 g/mol. The summed E-state index contributed by atoms with van der Waals surface area (Å²) in [5.74, 6) is 0. The Morgan fingerprint density at radius 3 is 3.17 bits per heavy atom. The Hall–Kier alpha value is -0.460. The van der Waals surface area contributed by atoms with Crippen molar-refractivity contribution in [3.63, 3.8) is 0 Å². The lowest BCUT2D eigenvalue weighted by molar-refractivity contribution is 0.230. The Morgan fingerprint density at radius 1 is 1.67 bits per heavy atom. The highest BCUT2D eigenvalue weighted by Gasteiger charge is 2.09. The lowest BCUT2D eigenvalue weighted by atomic mass is 10.4. The average Bonchev–Trinajstić information content (AvgIpc) is 2.63. The minimum Gasteiger partial charge on any atom is -0.220 e. The zero-order valence-electron chi connectivity index (χ0n) is 6.20. The molecule has 2 heterocycles. The van der Waals surface area contributed by atoms with Crippen LogP contribution in [0.25, 0.3) is 0 Å². The Bertz CT molecular complexity index is 289.